The molecule has 0 heterocycles. The van der Waals surface area contributed by atoms with Crippen LogP contribution in [0.5, 0.6) is 5.75 Å². The highest BCUT2D eigenvalue weighted by molar-refractivity contribution is 5.40. The van der Waals surface area contributed by atoms with E-state index in [0.717, 1.165) is 19.4 Å². The van der Waals surface area contributed by atoms with Gasteiger partial charge in [0, 0.05) is 0 Å². The summed E-state index contributed by atoms with van der Waals surface area (Å²) in [6, 6.07) is 5.69. The van der Waals surface area contributed by atoms with Gasteiger partial charge in [-0.05, 0) is 55.0 Å². The number of phenols is 1. The summed E-state index contributed by atoms with van der Waals surface area (Å²) >= 11 is 0. The van der Waals surface area contributed by atoms with Gasteiger partial charge in [-0.25, -0.2) is 0 Å². The molecule has 13 heavy (non-hydrogen) atoms. The van der Waals surface area contributed by atoms with Gasteiger partial charge >= 0.3 is 0 Å². The molecule has 0 aromatic heterocycles. The van der Waals surface area contributed by atoms with Crippen LogP contribution in [0.2, 0.25) is 0 Å². The lowest BCUT2D eigenvalue weighted by Gasteiger charge is -2.09. The minimum atomic E-state index is 0.382. The van der Waals surface area contributed by atoms with Crippen molar-refractivity contribution in [2.75, 3.05) is 6.54 Å². The Morgan fingerprint density at radius 2 is 2.31 bits per heavy atom. The van der Waals surface area contributed by atoms with Gasteiger partial charge in [-0.15, -0.1) is 0 Å². The Morgan fingerprint density at radius 1 is 1.46 bits per heavy atom. The van der Waals surface area contributed by atoms with Crippen molar-refractivity contribution in [2.24, 2.45) is 5.73 Å². The Kier molecular flexibility index (Phi) is 2.23. The SMILES string of the molecule is NCCC1CCc2cc(O)ccc21. The van der Waals surface area contributed by atoms with Crippen LogP contribution in [0.3, 0.4) is 0 Å². The molecule has 2 nitrogen and oxygen atoms in total. The molecule has 0 fully saturated rings. The average Bonchev–Trinajstić information content (AvgIpc) is 2.49. The van der Waals surface area contributed by atoms with Crippen LogP contribution < -0.4 is 5.73 Å². The summed E-state index contributed by atoms with van der Waals surface area (Å²) in [7, 11) is 0. The summed E-state index contributed by atoms with van der Waals surface area (Å²) in [4.78, 5) is 0. The lowest BCUT2D eigenvalue weighted by atomic mass is 9.98. The van der Waals surface area contributed by atoms with E-state index in [0.29, 0.717) is 11.7 Å². The van der Waals surface area contributed by atoms with Gasteiger partial charge in [-0.3, -0.25) is 0 Å². The number of aryl methyl sites for hydroxylation is 1. The Hall–Kier alpha value is -1.02. The van der Waals surface area contributed by atoms with Crippen LogP contribution in [0.4, 0.5) is 0 Å². The number of aromatic hydroxyl groups is 1. The Balaban J connectivity index is 2.27. The summed E-state index contributed by atoms with van der Waals surface area (Å²) in [5.41, 5.74) is 8.24. The number of rotatable bonds is 2. The first kappa shape index (κ1) is 8.57. The first-order chi connectivity index (χ1) is 6.31. The maximum atomic E-state index is 9.29. The second kappa shape index (κ2) is 3.38. The number of nitrogens with two attached hydrogens (primary N) is 1. The molecule has 2 rings (SSSR count). The molecular formula is C11H15NO. The molecule has 0 bridgehead atoms. The molecule has 2 heteroatoms. The number of phenolic OH excluding ortho intramolecular Hbond substituents is 1. The molecule has 0 amide bonds. The lowest BCUT2D eigenvalue weighted by Crippen LogP contribution is -2.04. The van der Waals surface area contributed by atoms with Gasteiger partial charge < -0.3 is 10.8 Å². The molecule has 0 spiro atoms. The average molecular weight is 177 g/mol. The van der Waals surface area contributed by atoms with Gasteiger partial charge in [0.15, 0.2) is 0 Å². The van der Waals surface area contributed by atoms with E-state index in [4.69, 9.17) is 5.73 Å². The fraction of sp³-hybridized carbons (Fsp3) is 0.455. The van der Waals surface area contributed by atoms with Crippen LogP contribution in [0, 0.1) is 0 Å². The molecule has 3 N–H and O–H groups in total. The monoisotopic (exact) mass is 177 g/mol. The molecule has 0 saturated carbocycles. The minimum absolute atomic E-state index is 0.382. The highest BCUT2D eigenvalue weighted by Crippen LogP contribution is 2.36. The van der Waals surface area contributed by atoms with E-state index in [-0.39, 0.29) is 0 Å². The van der Waals surface area contributed by atoms with Crippen LogP contribution >= 0.6 is 0 Å². The second-order valence-corrected chi connectivity index (χ2v) is 3.70. The zero-order chi connectivity index (χ0) is 9.26. The minimum Gasteiger partial charge on any atom is -0.508 e. The number of benzene rings is 1. The van der Waals surface area contributed by atoms with E-state index in [9.17, 15) is 5.11 Å². The first-order valence-corrected chi connectivity index (χ1v) is 4.83. The van der Waals surface area contributed by atoms with Gasteiger partial charge in [0.25, 0.3) is 0 Å². The summed E-state index contributed by atoms with van der Waals surface area (Å²) in [6.07, 6.45) is 3.35. The maximum Gasteiger partial charge on any atom is 0.115 e. The van der Waals surface area contributed by atoms with E-state index < -0.39 is 0 Å². The first-order valence-electron chi connectivity index (χ1n) is 4.83. The van der Waals surface area contributed by atoms with E-state index in [2.05, 4.69) is 0 Å². The van der Waals surface area contributed by atoms with Crippen LogP contribution in [-0.2, 0) is 6.42 Å². The predicted molar refractivity (Wildman–Crippen MR) is 52.8 cm³/mol. The second-order valence-electron chi connectivity index (χ2n) is 3.70. The number of hydrogen-bond acceptors (Lipinski definition) is 2. The van der Waals surface area contributed by atoms with Crippen molar-refractivity contribution in [3.05, 3.63) is 29.3 Å². The summed E-state index contributed by atoms with van der Waals surface area (Å²) in [6.45, 7) is 0.755. The molecule has 1 aliphatic rings. The normalized spacial score (nSPS) is 20.2. The third-order valence-electron chi connectivity index (χ3n) is 2.84. The Labute approximate surface area is 78.4 Å². The van der Waals surface area contributed by atoms with Crippen LogP contribution in [0.1, 0.15) is 29.9 Å². The lowest BCUT2D eigenvalue weighted by molar-refractivity contribution is 0.474. The van der Waals surface area contributed by atoms with Crippen molar-refractivity contribution in [2.45, 2.75) is 25.2 Å². The van der Waals surface area contributed by atoms with Gasteiger partial charge in [-0.2, -0.15) is 0 Å². The smallest absolute Gasteiger partial charge is 0.115 e. The molecule has 0 radical (unpaired) electrons. The quantitative estimate of drug-likeness (QED) is 0.723. The number of fused-ring (bicyclic) bond motifs is 1. The molecule has 1 atom stereocenters. The molecule has 0 aliphatic heterocycles. The van der Waals surface area contributed by atoms with Crippen molar-refractivity contribution >= 4 is 0 Å². The zero-order valence-corrected chi connectivity index (χ0v) is 7.66. The van der Waals surface area contributed by atoms with Crippen LogP contribution in [-0.4, -0.2) is 11.7 Å². The van der Waals surface area contributed by atoms with Crippen LogP contribution in [0.15, 0.2) is 18.2 Å². The predicted octanol–water partition coefficient (Wildman–Crippen LogP) is 1.77. The molecule has 1 aromatic carbocycles. The molecule has 70 valence electrons. The Morgan fingerprint density at radius 3 is 3.08 bits per heavy atom. The summed E-state index contributed by atoms with van der Waals surface area (Å²) in [5, 5.41) is 9.29. The number of hydrogen-bond donors (Lipinski definition) is 2. The van der Waals surface area contributed by atoms with Gasteiger partial charge in [0.2, 0.25) is 0 Å². The molecule has 1 unspecified atom stereocenters. The van der Waals surface area contributed by atoms with Crippen molar-refractivity contribution in [1.29, 1.82) is 0 Å². The third-order valence-corrected chi connectivity index (χ3v) is 2.84. The van der Waals surface area contributed by atoms with Gasteiger partial charge in [0.1, 0.15) is 5.75 Å². The van der Waals surface area contributed by atoms with E-state index in [1.807, 2.05) is 12.1 Å². The fourth-order valence-corrected chi connectivity index (χ4v) is 2.19. The van der Waals surface area contributed by atoms with Gasteiger partial charge in [0.05, 0.1) is 0 Å². The van der Waals surface area contributed by atoms with Crippen molar-refractivity contribution in [3.8, 4) is 5.75 Å². The van der Waals surface area contributed by atoms with E-state index >= 15 is 0 Å². The molecule has 1 aromatic rings. The summed E-state index contributed by atoms with van der Waals surface area (Å²) < 4.78 is 0. The third kappa shape index (κ3) is 1.54. The largest absolute Gasteiger partial charge is 0.508 e. The Bertz CT molecular complexity index is 309. The van der Waals surface area contributed by atoms with E-state index in [1.54, 1.807) is 6.07 Å². The molecule has 1 aliphatic carbocycles. The maximum absolute atomic E-state index is 9.29. The van der Waals surface area contributed by atoms with Gasteiger partial charge in [-0.1, -0.05) is 6.07 Å². The van der Waals surface area contributed by atoms with Crippen molar-refractivity contribution in [1.82, 2.24) is 0 Å². The standard InChI is InChI=1S/C11H15NO/c12-6-5-8-1-2-9-7-10(13)3-4-11(8)9/h3-4,7-8,13H,1-2,5-6,12H2. The highest BCUT2D eigenvalue weighted by Gasteiger charge is 2.21. The topological polar surface area (TPSA) is 46.2 Å². The molecular weight excluding hydrogens is 162 g/mol. The van der Waals surface area contributed by atoms with Crippen molar-refractivity contribution in [3.63, 3.8) is 0 Å². The van der Waals surface area contributed by atoms with Crippen molar-refractivity contribution < 1.29 is 5.11 Å². The molecule has 0 saturated heterocycles. The fourth-order valence-electron chi connectivity index (χ4n) is 2.19. The summed E-state index contributed by atoms with van der Waals surface area (Å²) in [5.74, 6) is 1.01. The van der Waals surface area contributed by atoms with E-state index in [1.165, 1.54) is 17.5 Å². The highest BCUT2D eigenvalue weighted by atomic mass is 16.3. The van der Waals surface area contributed by atoms with Crippen LogP contribution in [0.25, 0.3) is 0 Å². The zero-order valence-electron chi connectivity index (χ0n) is 7.66.